The fraction of sp³-hybridized carbons (Fsp3) is 0.148. The molecule has 9 nitrogen and oxygen atoms in total. The number of carbonyl (C=O) groups excluding carboxylic acids is 1. The number of benzene rings is 2. The van der Waals surface area contributed by atoms with Crippen molar-refractivity contribution in [3.63, 3.8) is 0 Å². The van der Waals surface area contributed by atoms with Crippen LogP contribution in [0.5, 0.6) is 17.2 Å². The number of hydrogen-bond donors (Lipinski definition) is 3. The van der Waals surface area contributed by atoms with Crippen molar-refractivity contribution < 1.29 is 39.6 Å². The van der Waals surface area contributed by atoms with E-state index in [-0.39, 0.29) is 29.6 Å². The number of rotatable bonds is 3. The Kier molecular flexibility index (Phi) is 11.7. The van der Waals surface area contributed by atoms with Crippen molar-refractivity contribution in [3.8, 4) is 17.2 Å². The van der Waals surface area contributed by atoms with Crippen LogP contribution in [0.2, 0.25) is 0 Å². The summed E-state index contributed by atoms with van der Waals surface area (Å²) in [4.78, 5) is 17.7. The molecule has 0 amide bonds. The number of halogens is 2. The second-order valence-electron chi connectivity index (χ2n) is 7.54. The smallest absolute Gasteiger partial charge is 0.491 e. The first-order chi connectivity index (χ1) is 19.1. The molecule has 3 heterocycles. The number of aromatic hydroxyl groups is 1. The Hall–Kier alpha value is -4.00. The minimum absolute atomic E-state index is 0.000556. The van der Waals surface area contributed by atoms with Gasteiger partial charge in [-0.2, -0.15) is 0 Å². The summed E-state index contributed by atoms with van der Waals surface area (Å²) in [6.07, 6.45) is 3.36. The normalized spacial score (nSPS) is 10.1. The minimum Gasteiger partial charge on any atom is -0.505 e. The lowest BCUT2D eigenvalue weighted by molar-refractivity contribution is -0.115. The number of carbonyl (C=O) groups is 1. The van der Waals surface area contributed by atoms with Crippen LogP contribution in [0.25, 0.3) is 22.1 Å². The lowest BCUT2D eigenvalue weighted by Crippen LogP contribution is -2.32. The first-order valence-electron chi connectivity index (χ1n) is 11.9. The molecule has 5 aromatic rings. The van der Waals surface area contributed by atoms with Gasteiger partial charge in [0, 0.05) is 19.2 Å². The zero-order valence-electron chi connectivity index (χ0n) is 22.3. The first-order valence-corrected chi connectivity index (χ1v) is 12.0. The second kappa shape index (κ2) is 15.4. The highest BCUT2D eigenvalue weighted by atomic mass is 79.9. The topological polar surface area (TPSA) is 135 Å². The summed E-state index contributed by atoms with van der Waals surface area (Å²) in [6.45, 7) is 1.31. The molecule has 0 saturated heterocycles. The molecule has 204 valence electrons. The Morgan fingerprint density at radius 3 is 2.18 bits per heavy atom. The van der Waals surface area contributed by atoms with Gasteiger partial charge >= 0.3 is 7.12 Å². The van der Waals surface area contributed by atoms with Crippen LogP contribution >= 0.6 is 15.9 Å². The van der Waals surface area contributed by atoms with Gasteiger partial charge in [0.05, 0.1) is 19.6 Å². The van der Waals surface area contributed by atoms with E-state index < -0.39 is 12.9 Å². The van der Waals surface area contributed by atoms with E-state index in [9.17, 15) is 9.18 Å². The van der Waals surface area contributed by atoms with Gasteiger partial charge < -0.3 is 33.8 Å². The number of furan rings is 1. The van der Waals surface area contributed by atoms with Crippen molar-refractivity contribution in [1.29, 1.82) is 0 Å². The van der Waals surface area contributed by atoms with E-state index in [0.29, 0.717) is 4.60 Å². The van der Waals surface area contributed by atoms with Crippen LogP contribution in [-0.4, -0.2) is 52.2 Å². The molecule has 0 saturated carbocycles. The predicted octanol–water partition coefficient (Wildman–Crippen LogP) is 4.65. The van der Waals surface area contributed by atoms with E-state index >= 15 is 0 Å². The average Bonchev–Trinajstić information content (AvgIpc) is 3.34. The van der Waals surface area contributed by atoms with Crippen LogP contribution in [0.1, 0.15) is 15.2 Å². The lowest BCUT2D eigenvalue weighted by atomic mass is 9.80. The van der Waals surface area contributed by atoms with E-state index in [1.807, 2.05) is 30.3 Å². The third-order valence-electron chi connectivity index (χ3n) is 4.67. The van der Waals surface area contributed by atoms with Gasteiger partial charge in [-0.1, -0.05) is 18.2 Å². The third-order valence-corrected chi connectivity index (χ3v) is 5.28. The maximum Gasteiger partial charge on any atom is 0.491 e. The highest BCUT2D eigenvalue weighted by molar-refractivity contribution is 9.10. The number of fused-ring (bicyclic) bond motifs is 3. The summed E-state index contributed by atoms with van der Waals surface area (Å²) in [6, 6.07) is 17.0. The Bertz CT molecular complexity index is 1520. The van der Waals surface area contributed by atoms with E-state index in [4.69, 9.17) is 25.7 Å². The molecule has 0 aliphatic rings. The van der Waals surface area contributed by atoms with Crippen LogP contribution < -0.4 is 14.9 Å². The molecule has 39 heavy (non-hydrogen) atoms. The van der Waals surface area contributed by atoms with Gasteiger partial charge in [-0.05, 0) is 72.2 Å². The van der Waals surface area contributed by atoms with Crippen molar-refractivity contribution in [1.82, 2.24) is 9.97 Å². The standard InChI is InChI=1S/C12H9NO2.C7H8BFO3.C5H4BrNO.C3H6O/c1-14-10-5-2-4-8-11-9(15-12(8)10)6-3-7-13-11;1-12-6-4-2-3-5(7(6)9)8(10)11;6-5-4(8)2-1-3-7-5;1-3(2)4/h2-7H,1H3;2-4,10-11H,1H3;1-3,8H;1-2H3/i;;;1D. The molecule has 2 aromatic carbocycles. The van der Waals surface area contributed by atoms with Crippen LogP contribution in [0.15, 0.2) is 82.1 Å². The van der Waals surface area contributed by atoms with Crippen LogP contribution in [-0.2, 0) is 4.79 Å². The molecule has 0 bridgehead atoms. The number of hydrogen-bond acceptors (Lipinski definition) is 9. The van der Waals surface area contributed by atoms with E-state index in [2.05, 4.69) is 30.6 Å². The van der Waals surface area contributed by atoms with Crippen LogP contribution in [0.3, 0.4) is 0 Å². The Labute approximate surface area is 234 Å². The van der Waals surface area contributed by atoms with E-state index in [0.717, 1.165) is 27.8 Å². The quantitative estimate of drug-likeness (QED) is 0.199. The fourth-order valence-electron chi connectivity index (χ4n) is 3.02. The molecule has 3 N–H and O–H groups in total. The van der Waals surface area contributed by atoms with Crippen LogP contribution in [0.4, 0.5) is 4.39 Å². The summed E-state index contributed by atoms with van der Waals surface area (Å²) < 4.78 is 35.4. The van der Waals surface area contributed by atoms with Gasteiger partial charge in [-0.3, -0.25) is 4.98 Å². The number of methoxy groups -OCH3 is 2. The molecule has 0 fully saturated rings. The van der Waals surface area contributed by atoms with Gasteiger partial charge in [0.15, 0.2) is 28.5 Å². The SMILES string of the molecule is COc1cccc(B(O)O)c1F.COc1cccc2c1oc1cccnc12.Oc1cccnc1Br.[2H]CC(C)=O. The van der Waals surface area contributed by atoms with E-state index in [1.54, 1.807) is 31.6 Å². The highest BCUT2D eigenvalue weighted by Crippen LogP contribution is 2.32. The summed E-state index contributed by atoms with van der Waals surface area (Å²) in [7, 11) is 1.14. The lowest BCUT2D eigenvalue weighted by Gasteiger charge is -2.05. The largest absolute Gasteiger partial charge is 0.505 e. The molecule has 0 atom stereocenters. The number of ketones is 1. The molecular formula is C27H27BBrFN2O7. The van der Waals surface area contributed by atoms with Gasteiger partial charge in [0.25, 0.3) is 0 Å². The number of para-hydroxylation sites is 1. The van der Waals surface area contributed by atoms with Gasteiger partial charge in [-0.25, -0.2) is 9.37 Å². The van der Waals surface area contributed by atoms with Crippen molar-refractivity contribution in [2.24, 2.45) is 0 Å². The number of nitrogens with zero attached hydrogens (tertiary/aromatic N) is 2. The Morgan fingerprint density at radius 2 is 1.62 bits per heavy atom. The number of aromatic nitrogens is 2. The van der Waals surface area contributed by atoms with Crippen molar-refractivity contribution in [2.45, 2.75) is 13.8 Å². The fourth-order valence-corrected chi connectivity index (χ4v) is 3.27. The van der Waals surface area contributed by atoms with Gasteiger partial charge in [-0.15, -0.1) is 0 Å². The highest BCUT2D eigenvalue weighted by Gasteiger charge is 2.18. The maximum absolute atomic E-state index is 13.1. The average molecular weight is 602 g/mol. The second-order valence-corrected chi connectivity index (χ2v) is 8.29. The molecule has 0 aliphatic carbocycles. The summed E-state index contributed by atoms with van der Waals surface area (Å²) >= 11 is 3.03. The number of ether oxygens (including phenoxy) is 2. The van der Waals surface area contributed by atoms with E-state index in [1.165, 1.54) is 32.2 Å². The maximum atomic E-state index is 13.1. The zero-order chi connectivity index (χ0) is 29.7. The summed E-state index contributed by atoms with van der Waals surface area (Å²) in [5.74, 6) is 0.0959. The molecule has 0 radical (unpaired) electrons. The van der Waals surface area contributed by atoms with Gasteiger partial charge in [0.1, 0.15) is 21.7 Å². The Balaban J connectivity index is 0.000000201. The molecule has 12 heteroatoms. The first kappa shape index (κ1) is 29.6. The zero-order valence-corrected chi connectivity index (χ0v) is 22.9. The molecule has 0 unspecified atom stereocenters. The molecule has 3 aromatic heterocycles. The molecule has 5 rings (SSSR count). The number of pyridine rings is 2. The van der Waals surface area contributed by atoms with Crippen molar-refractivity contribution in [2.75, 3.05) is 14.2 Å². The monoisotopic (exact) mass is 601 g/mol. The van der Waals surface area contributed by atoms with Crippen molar-refractivity contribution >= 4 is 56.4 Å². The summed E-state index contributed by atoms with van der Waals surface area (Å²) in [5, 5.41) is 27.2. The Morgan fingerprint density at radius 1 is 1.00 bits per heavy atom. The third kappa shape index (κ3) is 9.06. The minimum atomic E-state index is -1.81. The van der Waals surface area contributed by atoms with Crippen molar-refractivity contribution in [3.05, 3.63) is 83.5 Å². The molecule has 0 aliphatic heterocycles. The van der Waals surface area contributed by atoms with Gasteiger partial charge in [0.2, 0.25) is 0 Å². The van der Waals surface area contributed by atoms with Crippen LogP contribution in [0, 0.1) is 5.82 Å². The molecule has 0 spiro atoms. The molecular weight excluding hydrogens is 574 g/mol. The summed E-state index contributed by atoms with van der Waals surface area (Å²) in [5.41, 5.74) is 2.24. The number of Topliss-reactive ketones (excluding diaryl/α,β-unsaturated/α-hetero) is 1. The predicted molar refractivity (Wildman–Crippen MR) is 151 cm³/mol.